The molecule has 10 rings (SSSR count). The first-order valence-electron chi connectivity index (χ1n) is 39.4. The number of unbranched alkanes of at least 4 members (excludes halogenated alkanes) is 2. The van der Waals surface area contributed by atoms with Crippen LogP contribution in [0.4, 0.5) is 9.59 Å². The fraction of sp³-hybridized carbons (Fsp3) is 0.457. The summed E-state index contributed by atoms with van der Waals surface area (Å²) in [7, 11) is 0. The van der Waals surface area contributed by atoms with E-state index in [4.69, 9.17) is 23.7 Å². The quantitative estimate of drug-likeness (QED) is 0.0106. The van der Waals surface area contributed by atoms with Gasteiger partial charge in [0, 0.05) is 70.7 Å². The Hall–Kier alpha value is -10.3. The van der Waals surface area contributed by atoms with Crippen molar-refractivity contribution in [2.75, 3.05) is 105 Å². The number of esters is 3. The highest BCUT2D eigenvalue weighted by Crippen LogP contribution is 2.46. The highest BCUT2D eigenvalue weighted by atomic mass is 16.6. The SMILES string of the molecule is C.C.CC(C)(C)OC(=O)CN1CCN(CC(=O)NCCCC[C@H](NC(=O)OCC2c3ccccc3-c3ccccc32)C(=O)O)CCN(CC(=O)OC(C)(C)C)CCN(CC(=O)OC(C)(C)C)CC1.Cc1ccc(C(NCCCC[C@H](NC(=O)OCC2c3ccccc3-c3ccccc32)C(=O)O)(c2ccccc2)c2ccccc2)cc1. The number of nitrogens with one attached hydrogen (secondary N) is 4. The van der Waals surface area contributed by atoms with Crippen LogP contribution in [0.2, 0.25) is 0 Å². The Kier molecular flexibility index (Phi) is 34.7. The summed E-state index contributed by atoms with van der Waals surface area (Å²) < 4.78 is 28.1. The second-order valence-corrected chi connectivity index (χ2v) is 32.2. The van der Waals surface area contributed by atoms with E-state index >= 15 is 0 Å². The number of aliphatic carboxylic acids is 2. The van der Waals surface area contributed by atoms with Crippen molar-refractivity contribution in [3.8, 4) is 22.3 Å². The molecule has 0 saturated carbocycles. The zero-order valence-electron chi connectivity index (χ0n) is 67.2. The molecule has 1 aliphatic heterocycles. The monoisotopic (exact) mass is 1580 g/mol. The van der Waals surface area contributed by atoms with E-state index in [0.717, 1.165) is 61.2 Å². The lowest BCUT2D eigenvalue weighted by Gasteiger charge is -2.37. The zero-order chi connectivity index (χ0) is 81.3. The molecule has 6 N–H and O–H groups in total. The maximum Gasteiger partial charge on any atom is 0.407 e. The van der Waals surface area contributed by atoms with Gasteiger partial charge in [-0.3, -0.25) is 44.1 Å². The third-order valence-electron chi connectivity index (χ3n) is 19.9. The molecule has 0 spiro atoms. The summed E-state index contributed by atoms with van der Waals surface area (Å²) in [5.41, 5.74) is 10.7. The van der Waals surface area contributed by atoms with Crippen LogP contribution in [-0.4, -0.2) is 211 Å². The van der Waals surface area contributed by atoms with Gasteiger partial charge in [0.2, 0.25) is 5.91 Å². The minimum Gasteiger partial charge on any atom is -0.480 e. The highest BCUT2D eigenvalue weighted by Gasteiger charge is 2.37. The van der Waals surface area contributed by atoms with Gasteiger partial charge in [-0.25, -0.2) is 19.2 Å². The number of carboxylic acid groups (broad SMARTS) is 2. The molecule has 7 aromatic carbocycles. The Labute approximate surface area is 680 Å². The number of hydrogen-bond donors (Lipinski definition) is 6. The lowest BCUT2D eigenvalue weighted by atomic mass is 9.76. The molecular weight excluding hydrogens is 1460 g/mol. The number of benzene rings is 7. The third kappa shape index (κ3) is 28.0. The zero-order valence-corrected chi connectivity index (χ0v) is 67.2. The maximum atomic E-state index is 13.4. The first kappa shape index (κ1) is 91.9. The van der Waals surface area contributed by atoms with Crippen molar-refractivity contribution in [3.63, 3.8) is 0 Å². The molecule has 0 bridgehead atoms. The number of aryl methyl sites for hydroxylation is 1. The van der Waals surface area contributed by atoms with Gasteiger partial charge in [0.05, 0.1) is 31.7 Å². The van der Waals surface area contributed by atoms with Crippen molar-refractivity contribution >= 4 is 47.9 Å². The van der Waals surface area contributed by atoms with Gasteiger partial charge < -0.3 is 49.8 Å². The van der Waals surface area contributed by atoms with Gasteiger partial charge >= 0.3 is 42.0 Å². The number of rotatable bonds is 30. The minimum absolute atomic E-state index is 0. The molecule has 2 atom stereocenters. The summed E-state index contributed by atoms with van der Waals surface area (Å²) in [4.78, 5) is 110. The van der Waals surface area contributed by atoms with Gasteiger partial charge in [0.1, 0.15) is 42.1 Å². The van der Waals surface area contributed by atoms with E-state index in [-0.39, 0.29) is 109 Å². The van der Waals surface area contributed by atoms with Crippen molar-refractivity contribution in [3.05, 3.63) is 226 Å². The van der Waals surface area contributed by atoms with Crippen LogP contribution in [0.5, 0.6) is 0 Å². The Morgan fingerprint density at radius 2 is 0.687 bits per heavy atom. The van der Waals surface area contributed by atoms with Crippen molar-refractivity contribution in [1.82, 2.24) is 40.9 Å². The van der Waals surface area contributed by atoms with Crippen molar-refractivity contribution < 1.29 is 72.3 Å². The minimum atomic E-state index is -1.18. The molecule has 7 aromatic rings. The lowest BCUT2D eigenvalue weighted by molar-refractivity contribution is -0.158. The molecule has 3 amide bonds. The predicted molar refractivity (Wildman–Crippen MR) is 449 cm³/mol. The van der Waals surface area contributed by atoms with E-state index in [1.807, 2.05) is 167 Å². The van der Waals surface area contributed by atoms with Gasteiger partial charge in [-0.1, -0.05) is 202 Å². The Morgan fingerprint density at radius 1 is 0.391 bits per heavy atom. The predicted octanol–water partition coefficient (Wildman–Crippen LogP) is 13.8. The average Bonchev–Trinajstić information content (AvgIpc) is 1.66. The number of fused-ring (bicyclic) bond motifs is 6. The van der Waals surface area contributed by atoms with Crippen LogP contribution in [0.3, 0.4) is 0 Å². The first-order chi connectivity index (χ1) is 53.9. The number of alkyl carbamates (subject to hydrolysis) is 2. The van der Waals surface area contributed by atoms with Crippen LogP contribution in [0.1, 0.15) is 172 Å². The molecule has 1 heterocycles. The molecule has 3 aliphatic rings. The van der Waals surface area contributed by atoms with Crippen LogP contribution in [0.25, 0.3) is 22.3 Å². The van der Waals surface area contributed by atoms with Crippen molar-refractivity contribution in [2.45, 2.75) is 169 Å². The fourth-order valence-corrected chi connectivity index (χ4v) is 14.7. The molecule has 1 saturated heterocycles. The highest BCUT2D eigenvalue weighted by molar-refractivity contribution is 5.83. The van der Waals surface area contributed by atoms with Crippen LogP contribution in [-0.2, 0) is 58.0 Å². The van der Waals surface area contributed by atoms with E-state index in [9.17, 15) is 48.6 Å². The Morgan fingerprint density at radius 3 is 1.01 bits per heavy atom. The van der Waals surface area contributed by atoms with Crippen LogP contribution >= 0.6 is 0 Å². The van der Waals surface area contributed by atoms with E-state index in [2.05, 4.69) is 125 Å². The molecule has 1 fully saturated rings. The third-order valence-corrected chi connectivity index (χ3v) is 19.9. The number of ether oxygens (including phenoxy) is 5. The molecule has 0 aromatic heterocycles. The average molecular weight is 1580 g/mol. The van der Waals surface area contributed by atoms with Gasteiger partial charge in [-0.2, -0.15) is 0 Å². The summed E-state index contributed by atoms with van der Waals surface area (Å²) in [6.07, 6.45) is 1.08. The molecule has 115 heavy (non-hydrogen) atoms. The van der Waals surface area contributed by atoms with Crippen LogP contribution in [0, 0.1) is 6.92 Å². The molecule has 0 radical (unpaired) electrons. The standard InChI is InChI=1S/C49H74N6O11.C41H40N2O4.2CH4/c1-47(2,3)64-42(57)31-53-24-22-52(23-25-54(32-43(58)65-48(4,5)6)27-29-55(28-26-53)33-44(59)66-49(7,8)9)30-41(56)50-21-15-14-20-40(45(60)61)51-46(62)63-34-39-37-18-12-10-16-35(37)36-17-11-13-19-38(36)39;1-29-23-25-32(26-24-29)41(30-14-4-2-5-15-30,31-16-6-3-7-17-31)42-27-13-12-22-38(39(44)45)43-40(46)47-28-37-35-20-10-8-18-33(35)34-19-9-11-21-36(34)37;;/h10-13,16-19,39-40H,14-15,20-34H2,1-9H3,(H,50,56)(H,51,62)(H,60,61);2-11,14-21,23-26,37-38,42H,12-13,22,27-28H2,1H3,(H,43,46)(H,44,45);2*1H4/t40-;38-;;/m00../s1. The number of amides is 3. The number of carbonyl (C=O) groups is 8. The summed E-state index contributed by atoms with van der Waals surface area (Å²) >= 11 is 0. The number of hydrogen-bond acceptors (Lipinski definition) is 18. The summed E-state index contributed by atoms with van der Waals surface area (Å²) in [6, 6.07) is 59.3. The van der Waals surface area contributed by atoms with Crippen molar-refractivity contribution in [2.24, 2.45) is 0 Å². The molecule has 2 aliphatic carbocycles. The van der Waals surface area contributed by atoms with Gasteiger partial charge in [0.25, 0.3) is 0 Å². The fourth-order valence-electron chi connectivity index (χ4n) is 14.7. The normalized spacial score (nSPS) is 14.9. The molecule has 620 valence electrons. The summed E-state index contributed by atoms with van der Waals surface area (Å²) in [5.74, 6) is -3.91. The molecule has 23 heteroatoms. The number of carboxylic acids is 2. The number of carbonyl (C=O) groups excluding carboxylic acids is 6. The molecule has 0 unspecified atom stereocenters. The summed E-state index contributed by atoms with van der Waals surface area (Å²) in [5, 5.41) is 31.7. The maximum absolute atomic E-state index is 13.4. The Balaban J connectivity index is 0.000000329. The second kappa shape index (κ2) is 43.4. The van der Waals surface area contributed by atoms with E-state index in [1.54, 1.807) is 0 Å². The largest absolute Gasteiger partial charge is 0.480 e. The topological polar surface area (TPSA) is 284 Å². The van der Waals surface area contributed by atoms with E-state index in [1.165, 1.54) is 5.56 Å². The van der Waals surface area contributed by atoms with Gasteiger partial charge in [-0.05, 0) is 176 Å². The van der Waals surface area contributed by atoms with E-state index in [0.29, 0.717) is 84.6 Å². The van der Waals surface area contributed by atoms with Crippen molar-refractivity contribution in [1.29, 1.82) is 0 Å². The van der Waals surface area contributed by atoms with Crippen LogP contribution < -0.4 is 21.3 Å². The second-order valence-electron chi connectivity index (χ2n) is 32.2. The van der Waals surface area contributed by atoms with Gasteiger partial charge in [-0.15, -0.1) is 0 Å². The molecule has 23 nitrogen and oxygen atoms in total. The lowest BCUT2D eigenvalue weighted by Crippen LogP contribution is -2.50. The first-order valence-corrected chi connectivity index (χ1v) is 39.4. The van der Waals surface area contributed by atoms with Crippen LogP contribution in [0.15, 0.2) is 182 Å². The Bertz CT molecular complexity index is 4130. The van der Waals surface area contributed by atoms with Gasteiger partial charge in [0.15, 0.2) is 0 Å². The number of nitrogens with zero attached hydrogens (tertiary/aromatic N) is 4. The molecular formula is C92H122N8O15. The smallest absolute Gasteiger partial charge is 0.407 e. The van der Waals surface area contributed by atoms with E-state index < -0.39 is 58.6 Å². The summed E-state index contributed by atoms with van der Waals surface area (Å²) in [6.45, 7) is 22.9.